The molecule has 0 unspecified atom stereocenters. The van der Waals surface area contributed by atoms with E-state index in [0.29, 0.717) is 10.7 Å². The van der Waals surface area contributed by atoms with E-state index in [4.69, 9.17) is 11.6 Å². The highest BCUT2D eigenvalue weighted by Crippen LogP contribution is 2.13. The molecule has 0 aliphatic heterocycles. The van der Waals surface area contributed by atoms with Gasteiger partial charge in [0.05, 0.1) is 18.3 Å². The van der Waals surface area contributed by atoms with Crippen LogP contribution in [0.4, 0.5) is 5.69 Å². The molecule has 0 atom stereocenters. The summed E-state index contributed by atoms with van der Waals surface area (Å²) in [6.45, 7) is 0. The average molecular weight is 326 g/mol. The van der Waals surface area contributed by atoms with E-state index in [2.05, 4.69) is 26.2 Å². The van der Waals surface area contributed by atoms with Crippen LogP contribution in [0.3, 0.4) is 0 Å². The first kappa shape index (κ1) is 13.1. The van der Waals surface area contributed by atoms with E-state index in [1.54, 1.807) is 30.5 Å². The number of amides is 1. The fraction of sp³-hybridized carbons (Fsp3) is 0.0769. The summed E-state index contributed by atoms with van der Waals surface area (Å²) in [7, 11) is 0. The van der Waals surface area contributed by atoms with Gasteiger partial charge in [-0.25, -0.2) is 4.98 Å². The first-order valence-electron chi connectivity index (χ1n) is 5.29. The lowest BCUT2D eigenvalue weighted by atomic mass is 10.1. The molecule has 0 aliphatic carbocycles. The Balaban J connectivity index is 1.98. The second-order valence-electron chi connectivity index (χ2n) is 3.72. The van der Waals surface area contributed by atoms with E-state index >= 15 is 0 Å². The summed E-state index contributed by atoms with van der Waals surface area (Å²) < 4.78 is 0.732. The Bertz CT molecular complexity index is 557. The van der Waals surface area contributed by atoms with Gasteiger partial charge >= 0.3 is 0 Å². The molecule has 0 spiro atoms. The van der Waals surface area contributed by atoms with Crippen molar-refractivity contribution in [2.75, 3.05) is 5.32 Å². The molecule has 5 heteroatoms. The number of benzene rings is 1. The lowest BCUT2D eigenvalue weighted by Gasteiger charge is -2.05. The summed E-state index contributed by atoms with van der Waals surface area (Å²) >= 11 is 9.09. The molecular weight excluding hydrogens is 316 g/mol. The molecule has 0 saturated heterocycles. The first-order chi connectivity index (χ1) is 8.63. The van der Waals surface area contributed by atoms with Gasteiger partial charge in [-0.3, -0.25) is 4.79 Å². The second kappa shape index (κ2) is 5.98. The van der Waals surface area contributed by atoms with Gasteiger partial charge in [0, 0.05) is 5.02 Å². The molecule has 92 valence electrons. The lowest BCUT2D eigenvalue weighted by molar-refractivity contribution is -0.115. The van der Waals surface area contributed by atoms with Crippen molar-refractivity contribution in [3.8, 4) is 0 Å². The zero-order valence-corrected chi connectivity index (χ0v) is 11.7. The van der Waals surface area contributed by atoms with E-state index < -0.39 is 0 Å². The smallest absolute Gasteiger partial charge is 0.228 e. The third kappa shape index (κ3) is 3.82. The van der Waals surface area contributed by atoms with Crippen molar-refractivity contribution < 1.29 is 4.79 Å². The van der Waals surface area contributed by atoms with E-state index in [1.165, 1.54) is 0 Å². The van der Waals surface area contributed by atoms with Crippen LogP contribution in [0.5, 0.6) is 0 Å². The van der Waals surface area contributed by atoms with Crippen LogP contribution in [-0.4, -0.2) is 10.9 Å². The van der Waals surface area contributed by atoms with Crippen molar-refractivity contribution in [2.24, 2.45) is 0 Å². The Kier molecular flexibility index (Phi) is 4.33. The van der Waals surface area contributed by atoms with Gasteiger partial charge in [-0.05, 0) is 45.8 Å². The van der Waals surface area contributed by atoms with Crippen LogP contribution >= 0.6 is 27.5 Å². The van der Waals surface area contributed by atoms with Gasteiger partial charge in [-0.1, -0.05) is 23.7 Å². The zero-order valence-electron chi connectivity index (χ0n) is 9.36. The van der Waals surface area contributed by atoms with Crippen molar-refractivity contribution >= 4 is 39.1 Å². The summed E-state index contributed by atoms with van der Waals surface area (Å²) in [5.74, 6) is -0.0959. The third-order valence-electron chi connectivity index (χ3n) is 2.26. The molecule has 3 nitrogen and oxygen atoms in total. The molecule has 0 saturated carbocycles. The molecule has 1 aromatic carbocycles. The summed E-state index contributed by atoms with van der Waals surface area (Å²) in [6.07, 6.45) is 1.89. The number of nitrogens with zero attached hydrogens (tertiary/aromatic N) is 1. The molecule has 0 aliphatic rings. The zero-order chi connectivity index (χ0) is 13.0. The molecule has 2 aromatic rings. The van der Waals surface area contributed by atoms with E-state index in [0.717, 1.165) is 10.2 Å². The molecule has 0 radical (unpaired) electrons. The van der Waals surface area contributed by atoms with Crippen LogP contribution in [0.2, 0.25) is 5.02 Å². The van der Waals surface area contributed by atoms with Crippen molar-refractivity contribution in [1.29, 1.82) is 0 Å². The number of carbonyl (C=O) groups excluding carboxylic acids is 1. The summed E-state index contributed by atoms with van der Waals surface area (Å²) in [4.78, 5) is 15.8. The van der Waals surface area contributed by atoms with Gasteiger partial charge in [-0.2, -0.15) is 0 Å². The molecule has 18 heavy (non-hydrogen) atoms. The Hall–Kier alpha value is -1.39. The standard InChI is InChI=1S/C13H10BrClN2O/c14-12-5-4-11(8-16-12)17-13(18)7-9-2-1-3-10(15)6-9/h1-6,8H,7H2,(H,17,18). The van der Waals surface area contributed by atoms with Crippen LogP contribution in [-0.2, 0) is 11.2 Å². The fourth-order valence-electron chi connectivity index (χ4n) is 1.49. The highest BCUT2D eigenvalue weighted by Gasteiger charge is 2.04. The SMILES string of the molecule is O=C(Cc1cccc(Cl)c1)Nc1ccc(Br)nc1. The van der Waals surface area contributed by atoms with Crippen molar-refractivity contribution in [1.82, 2.24) is 4.98 Å². The van der Waals surface area contributed by atoms with Crippen LogP contribution < -0.4 is 5.32 Å². The van der Waals surface area contributed by atoms with E-state index in [-0.39, 0.29) is 12.3 Å². The van der Waals surface area contributed by atoms with Crippen LogP contribution in [0.25, 0.3) is 0 Å². The molecule has 2 rings (SSSR count). The maximum Gasteiger partial charge on any atom is 0.228 e. The molecule has 0 fully saturated rings. The van der Waals surface area contributed by atoms with Crippen molar-refractivity contribution in [3.05, 3.63) is 57.8 Å². The summed E-state index contributed by atoms with van der Waals surface area (Å²) in [6, 6.07) is 10.8. The molecule has 1 heterocycles. The fourth-order valence-corrected chi connectivity index (χ4v) is 1.93. The van der Waals surface area contributed by atoms with Gasteiger partial charge in [0.2, 0.25) is 5.91 Å². The number of aromatic nitrogens is 1. The van der Waals surface area contributed by atoms with Crippen molar-refractivity contribution in [3.63, 3.8) is 0 Å². The maximum absolute atomic E-state index is 11.8. The molecule has 1 amide bonds. The summed E-state index contributed by atoms with van der Waals surface area (Å²) in [5, 5.41) is 3.40. The van der Waals surface area contributed by atoms with Gasteiger partial charge in [0.15, 0.2) is 0 Å². The highest BCUT2D eigenvalue weighted by molar-refractivity contribution is 9.10. The molecule has 0 bridgehead atoms. The summed E-state index contributed by atoms with van der Waals surface area (Å²) in [5.41, 5.74) is 1.55. The maximum atomic E-state index is 11.8. The van der Waals surface area contributed by atoms with Gasteiger partial charge < -0.3 is 5.32 Å². The number of anilines is 1. The number of carbonyl (C=O) groups is 1. The quantitative estimate of drug-likeness (QED) is 0.875. The largest absolute Gasteiger partial charge is 0.324 e. The number of hydrogen-bond donors (Lipinski definition) is 1. The van der Waals surface area contributed by atoms with Gasteiger partial charge in [-0.15, -0.1) is 0 Å². The number of rotatable bonds is 3. The predicted octanol–water partition coefficient (Wildman–Crippen LogP) is 3.68. The Morgan fingerprint density at radius 3 is 2.83 bits per heavy atom. The third-order valence-corrected chi connectivity index (χ3v) is 2.97. The van der Waals surface area contributed by atoms with Crippen LogP contribution in [0.15, 0.2) is 47.2 Å². The normalized spacial score (nSPS) is 10.1. The van der Waals surface area contributed by atoms with Crippen molar-refractivity contribution in [2.45, 2.75) is 6.42 Å². The van der Waals surface area contributed by atoms with Crippen LogP contribution in [0, 0.1) is 0 Å². The topological polar surface area (TPSA) is 42.0 Å². The van der Waals surface area contributed by atoms with E-state index in [1.807, 2.05) is 12.1 Å². The molecule has 1 N–H and O–H groups in total. The van der Waals surface area contributed by atoms with Crippen LogP contribution in [0.1, 0.15) is 5.56 Å². The Labute approximate surface area is 118 Å². The first-order valence-corrected chi connectivity index (χ1v) is 6.46. The van der Waals surface area contributed by atoms with Gasteiger partial charge in [0.25, 0.3) is 0 Å². The number of halogens is 2. The minimum atomic E-state index is -0.0959. The number of pyridine rings is 1. The minimum Gasteiger partial charge on any atom is -0.324 e. The number of nitrogens with one attached hydrogen (secondary N) is 1. The Morgan fingerprint density at radius 1 is 1.33 bits per heavy atom. The monoisotopic (exact) mass is 324 g/mol. The molecular formula is C13H10BrClN2O. The second-order valence-corrected chi connectivity index (χ2v) is 4.97. The predicted molar refractivity (Wildman–Crippen MR) is 75.7 cm³/mol. The molecule has 1 aromatic heterocycles. The highest BCUT2D eigenvalue weighted by atomic mass is 79.9. The number of hydrogen-bond acceptors (Lipinski definition) is 2. The Morgan fingerprint density at radius 2 is 2.17 bits per heavy atom. The van der Waals surface area contributed by atoms with Gasteiger partial charge in [0.1, 0.15) is 4.60 Å². The lowest BCUT2D eigenvalue weighted by Crippen LogP contribution is -2.14. The van der Waals surface area contributed by atoms with E-state index in [9.17, 15) is 4.79 Å². The average Bonchev–Trinajstić information content (AvgIpc) is 2.32. The minimum absolute atomic E-state index is 0.0959.